The minimum Gasteiger partial charge on any atom is -0.458 e. The van der Waals surface area contributed by atoms with Gasteiger partial charge >= 0.3 is 0 Å². The number of nitrogens with zero attached hydrogens (tertiary/aromatic N) is 1. The molecule has 96 valence electrons. The maximum absolute atomic E-state index is 5.92. The van der Waals surface area contributed by atoms with Crippen LogP contribution < -0.4 is 5.32 Å². The van der Waals surface area contributed by atoms with Crippen LogP contribution in [-0.4, -0.2) is 12.0 Å². The number of nitrogens with one attached hydrogen (secondary N) is 1. The lowest BCUT2D eigenvalue weighted by Crippen LogP contribution is -2.12. The normalized spacial score (nSPS) is 24.2. The molecule has 1 N–H and O–H groups in total. The van der Waals surface area contributed by atoms with E-state index >= 15 is 0 Å². The summed E-state index contributed by atoms with van der Waals surface area (Å²) in [6.45, 7) is 4.38. The molecule has 18 heavy (non-hydrogen) atoms. The van der Waals surface area contributed by atoms with Gasteiger partial charge in [0.25, 0.3) is 0 Å². The number of furan rings is 1. The molecule has 2 aromatic rings. The highest BCUT2D eigenvalue weighted by Gasteiger charge is 2.36. The SMILES string of the molecule is CNC(C)c1csc(-c2ccc(C3CC3C)o2)n1. The van der Waals surface area contributed by atoms with Gasteiger partial charge in [0, 0.05) is 17.3 Å². The summed E-state index contributed by atoms with van der Waals surface area (Å²) in [5, 5.41) is 6.27. The van der Waals surface area contributed by atoms with E-state index in [2.05, 4.69) is 35.6 Å². The van der Waals surface area contributed by atoms with Crippen LogP contribution in [0.25, 0.3) is 10.8 Å². The summed E-state index contributed by atoms with van der Waals surface area (Å²) in [5.74, 6) is 3.44. The molecular formula is C14H18N2OS. The summed E-state index contributed by atoms with van der Waals surface area (Å²) < 4.78 is 5.92. The zero-order valence-electron chi connectivity index (χ0n) is 10.9. The standard InChI is InChI=1S/C14H18N2OS/c1-8-6-10(8)12-4-5-13(17-12)14-16-11(7-18-14)9(2)15-3/h4-5,7-10,15H,6H2,1-3H3. The Labute approximate surface area is 111 Å². The summed E-state index contributed by atoms with van der Waals surface area (Å²) in [5.41, 5.74) is 1.08. The molecule has 1 aliphatic carbocycles. The zero-order valence-corrected chi connectivity index (χ0v) is 11.8. The predicted molar refractivity (Wildman–Crippen MR) is 73.8 cm³/mol. The van der Waals surface area contributed by atoms with Crippen LogP contribution in [0.4, 0.5) is 0 Å². The van der Waals surface area contributed by atoms with Crippen molar-refractivity contribution in [2.75, 3.05) is 7.05 Å². The Morgan fingerprint density at radius 1 is 1.50 bits per heavy atom. The highest BCUT2D eigenvalue weighted by molar-refractivity contribution is 7.13. The molecule has 1 aliphatic rings. The van der Waals surface area contributed by atoms with Gasteiger partial charge in [0.1, 0.15) is 5.76 Å². The number of rotatable bonds is 4. The first-order valence-electron chi connectivity index (χ1n) is 6.42. The third-order valence-electron chi connectivity index (χ3n) is 3.71. The summed E-state index contributed by atoms with van der Waals surface area (Å²) in [4.78, 5) is 4.63. The van der Waals surface area contributed by atoms with Gasteiger partial charge < -0.3 is 9.73 Å². The van der Waals surface area contributed by atoms with Gasteiger partial charge in [0.15, 0.2) is 10.8 Å². The van der Waals surface area contributed by atoms with E-state index in [0.717, 1.165) is 28.1 Å². The van der Waals surface area contributed by atoms with Crippen LogP contribution in [0.3, 0.4) is 0 Å². The van der Waals surface area contributed by atoms with Crippen molar-refractivity contribution in [3.8, 4) is 10.8 Å². The van der Waals surface area contributed by atoms with Crippen molar-refractivity contribution in [3.05, 3.63) is 29.0 Å². The van der Waals surface area contributed by atoms with Gasteiger partial charge in [-0.3, -0.25) is 0 Å². The molecule has 2 heterocycles. The number of hydrogen-bond donors (Lipinski definition) is 1. The number of thiazole rings is 1. The van der Waals surface area contributed by atoms with Gasteiger partial charge in [-0.1, -0.05) is 6.92 Å². The van der Waals surface area contributed by atoms with Crippen LogP contribution >= 0.6 is 11.3 Å². The minimum atomic E-state index is 0.285. The maximum atomic E-state index is 5.92. The van der Waals surface area contributed by atoms with Crippen molar-refractivity contribution >= 4 is 11.3 Å². The van der Waals surface area contributed by atoms with Gasteiger partial charge in [0.2, 0.25) is 0 Å². The molecule has 0 amide bonds. The summed E-state index contributed by atoms with van der Waals surface area (Å²) in [6.07, 6.45) is 1.26. The smallest absolute Gasteiger partial charge is 0.162 e. The fourth-order valence-corrected chi connectivity index (χ4v) is 3.00. The summed E-state index contributed by atoms with van der Waals surface area (Å²) in [6, 6.07) is 4.44. The third kappa shape index (κ3) is 2.10. The van der Waals surface area contributed by atoms with E-state index in [1.807, 2.05) is 13.1 Å². The first-order valence-corrected chi connectivity index (χ1v) is 7.29. The van der Waals surface area contributed by atoms with Crippen LogP contribution in [0.1, 0.15) is 43.7 Å². The largest absolute Gasteiger partial charge is 0.458 e. The van der Waals surface area contributed by atoms with E-state index < -0.39 is 0 Å². The van der Waals surface area contributed by atoms with Gasteiger partial charge in [-0.2, -0.15) is 0 Å². The van der Waals surface area contributed by atoms with E-state index in [4.69, 9.17) is 4.42 Å². The van der Waals surface area contributed by atoms with Crippen molar-refractivity contribution in [2.24, 2.45) is 5.92 Å². The fraction of sp³-hybridized carbons (Fsp3) is 0.500. The highest BCUT2D eigenvalue weighted by atomic mass is 32.1. The first kappa shape index (κ1) is 11.9. The molecule has 0 radical (unpaired) electrons. The third-order valence-corrected chi connectivity index (χ3v) is 4.59. The van der Waals surface area contributed by atoms with Crippen LogP contribution in [0.5, 0.6) is 0 Å². The van der Waals surface area contributed by atoms with Crippen LogP contribution in [0.15, 0.2) is 21.9 Å². The lowest BCUT2D eigenvalue weighted by atomic mass is 10.3. The molecule has 3 atom stereocenters. The second-order valence-corrected chi connectivity index (χ2v) is 5.97. The molecule has 4 heteroatoms. The van der Waals surface area contributed by atoms with Crippen LogP contribution in [-0.2, 0) is 0 Å². The number of aromatic nitrogens is 1. The lowest BCUT2D eigenvalue weighted by Gasteiger charge is -2.04. The zero-order chi connectivity index (χ0) is 12.7. The van der Waals surface area contributed by atoms with Gasteiger partial charge in [-0.05, 0) is 38.4 Å². The van der Waals surface area contributed by atoms with Crippen LogP contribution in [0.2, 0.25) is 0 Å². The molecule has 0 aliphatic heterocycles. The van der Waals surface area contributed by atoms with E-state index in [1.54, 1.807) is 11.3 Å². The molecule has 1 fully saturated rings. The van der Waals surface area contributed by atoms with Crippen molar-refractivity contribution in [2.45, 2.75) is 32.2 Å². The average molecular weight is 262 g/mol. The molecule has 3 rings (SSSR count). The summed E-state index contributed by atoms with van der Waals surface area (Å²) >= 11 is 1.65. The van der Waals surface area contributed by atoms with Crippen molar-refractivity contribution in [1.82, 2.24) is 10.3 Å². The molecule has 0 aromatic carbocycles. The van der Waals surface area contributed by atoms with Gasteiger partial charge in [0.05, 0.1) is 5.69 Å². The topological polar surface area (TPSA) is 38.1 Å². The average Bonchev–Trinajstić information content (AvgIpc) is 2.87. The molecule has 0 saturated heterocycles. The summed E-state index contributed by atoms with van der Waals surface area (Å²) in [7, 11) is 1.95. The molecule has 0 spiro atoms. The maximum Gasteiger partial charge on any atom is 0.162 e. The Bertz CT molecular complexity index is 505. The van der Waals surface area contributed by atoms with Crippen molar-refractivity contribution < 1.29 is 4.42 Å². The molecule has 0 bridgehead atoms. The molecule has 1 saturated carbocycles. The van der Waals surface area contributed by atoms with E-state index in [-0.39, 0.29) is 6.04 Å². The number of hydrogen-bond acceptors (Lipinski definition) is 4. The molecular weight excluding hydrogens is 244 g/mol. The predicted octanol–water partition coefficient (Wildman–Crippen LogP) is 3.81. The quantitative estimate of drug-likeness (QED) is 0.910. The van der Waals surface area contributed by atoms with E-state index in [0.29, 0.717) is 5.92 Å². The Morgan fingerprint density at radius 2 is 2.28 bits per heavy atom. The van der Waals surface area contributed by atoms with Crippen molar-refractivity contribution in [1.29, 1.82) is 0 Å². The van der Waals surface area contributed by atoms with Gasteiger partial charge in [-0.15, -0.1) is 11.3 Å². The first-order chi connectivity index (χ1) is 8.69. The fourth-order valence-electron chi connectivity index (χ4n) is 2.13. The van der Waals surface area contributed by atoms with Crippen LogP contribution in [0, 0.1) is 5.92 Å². The monoisotopic (exact) mass is 262 g/mol. The second-order valence-electron chi connectivity index (χ2n) is 5.11. The Morgan fingerprint density at radius 3 is 2.94 bits per heavy atom. The second kappa shape index (κ2) is 4.52. The molecule has 3 unspecified atom stereocenters. The highest BCUT2D eigenvalue weighted by Crippen LogP contribution is 2.48. The molecule has 3 nitrogen and oxygen atoms in total. The van der Waals surface area contributed by atoms with Crippen molar-refractivity contribution in [3.63, 3.8) is 0 Å². The lowest BCUT2D eigenvalue weighted by molar-refractivity contribution is 0.517. The Hall–Kier alpha value is -1.13. The Balaban J connectivity index is 1.81. The minimum absolute atomic E-state index is 0.285. The van der Waals surface area contributed by atoms with E-state index in [1.165, 1.54) is 6.42 Å². The van der Waals surface area contributed by atoms with E-state index in [9.17, 15) is 0 Å². The van der Waals surface area contributed by atoms with Gasteiger partial charge in [-0.25, -0.2) is 4.98 Å². The Kier molecular flexibility index (Phi) is 2.99. The molecule has 2 aromatic heterocycles.